The molecule has 2 saturated heterocycles. The van der Waals surface area contributed by atoms with Crippen molar-refractivity contribution in [2.75, 3.05) is 0 Å². The first-order valence-corrected chi connectivity index (χ1v) is 10.3. The Hall–Kier alpha value is -3.07. The number of aryl methyl sites for hydroxylation is 1. The van der Waals surface area contributed by atoms with Crippen LogP contribution in [0.5, 0.6) is 11.6 Å². The average molecular weight is 425 g/mol. The first kappa shape index (κ1) is 19.9. The number of ether oxygens (including phenoxy) is 1. The van der Waals surface area contributed by atoms with Crippen LogP contribution >= 0.6 is 0 Å². The molecule has 4 atom stereocenters. The highest BCUT2D eigenvalue weighted by molar-refractivity contribution is 5.86. The van der Waals surface area contributed by atoms with Crippen molar-refractivity contribution in [1.29, 1.82) is 0 Å². The summed E-state index contributed by atoms with van der Waals surface area (Å²) in [5.74, 6) is 0.165. The number of hydrogen-bond donors (Lipinski definition) is 2. The molecule has 0 radical (unpaired) electrons. The zero-order chi connectivity index (χ0) is 22.0. The van der Waals surface area contributed by atoms with E-state index in [1.54, 1.807) is 25.2 Å². The summed E-state index contributed by atoms with van der Waals surface area (Å²) in [5.41, 5.74) is 0.164. The molecule has 1 aromatic carbocycles. The summed E-state index contributed by atoms with van der Waals surface area (Å²) in [6.07, 6.45) is 1.87. The van der Waals surface area contributed by atoms with E-state index < -0.39 is 17.8 Å². The summed E-state index contributed by atoms with van der Waals surface area (Å²) >= 11 is 0. The number of nitrogens with zero attached hydrogens (tertiary/aromatic N) is 4. The first-order chi connectivity index (χ1) is 14.7. The second-order valence-electron chi connectivity index (χ2n) is 9.17. The zero-order valence-electron chi connectivity index (χ0n) is 17.6. The molecule has 2 aliphatic heterocycles. The van der Waals surface area contributed by atoms with Gasteiger partial charge < -0.3 is 19.7 Å². The van der Waals surface area contributed by atoms with Gasteiger partial charge in [-0.15, -0.1) is 10.2 Å². The van der Waals surface area contributed by atoms with Crippen LogP contribution in [0.4, 0.5) is 4.39 Å². The SMILES string of the molecule is Cn1cnc2cc(O)c(-c3ccc(O[C@@H]4C[C@@]5(C)CC[C@](C)(N5)[C@@H]4F)nn3)cc2c1=O. The molecule has 0 spiro atoms. The average Bonchev–Trinajstić information content (AvgIpc) is 3.01. The number of alkyl halides is 1. The second-order valence-corrected chi connectivity index (χ2v) is 9.17. The van der Waals surface area contributed by atoms with Crippen LogP contribution in [0.2, 0.25) is 0 Å². The van der Waals surface area contributed by atoms with Crippen LogP contribution in [0.25, 0.3) is 22.2 Å². The molecule has 0 aliphatic carbocycles. The molecule has 2 aliphatic rings. The number of halogens is 1. The van der Waals surface area contributed by atoms with Crippen LogP contribution in [-0.2, 0) is 7.05 Å². The minimum absolute atomic E-state index is 0.0594. The molecule has 2 N–H and O–H groups in total. The summed E-state index contributed by atoms with van der Waals surface area (Å²) < 4.78 is 22.3. The van der Waals surface area contributed by atoms with E-state index in [9.17, 15) is 9.90 Å². The Kier molecular flexibility index (Phi) is 4.30. The molecule has 4 heterocycles. The fourth-order valence-electron chi connectivity index (χ4n) is 4.90. The maximum absolute atomic E-state index is 15.1. The predicted molar refractivity (Wildman–Crippen MR) is 113 cm³/mol. The minimum atomic E-state index is -1.15. The molecule has 0 unspecified atom stereocenters. The fraction of sp³-hybridized carbons (Fsp3) is 0.455. The Labute approximate surface area is 178 Å². The Morgan fingerprint density at radius 1 is 1.26 bits per heavy atom. The van der Waals surface area contributed by atoms with Gasteiger partial charge in [-0.3, -0.25) is 4.79 Å². The maximum atomic E-state index is 15.1. The largest absolute Gasteiger partial charge is 0.507 e. The van der Waals surface area contributed by atoms with Crippen molar-refractivity contribution in [2.45, 2.75) is 56.5 Å². The summed E-state index contributed by atoms with van der Waals surface area (Å²) in [5, 5.41) is 22.4. The Bertz CT molecular complexity index is 1230. The van der Waals surface area contributed by atoms with Gasteiger partial charge in [-0.05, 0) is 38.8 Å². The van der Waals surface area contributed by atoms with Gasteiger partial charge >= 0.3 is 0 Å². The molecule has 5 rings (SSSR count). The lowest BCUT2D eigenvalue weighted by atomic mass is 9.85. The van der Waals surface area contributed by atoms with Crippen molar-refractivity contribution >= 4 is 10.9 Å². The van der Waals surface area contributed by atoms with Crippen LogP contribution in [0.15, 0.2) is 35.4 Å². The van der Waals surface area contributed by atoms with E-state index in [0.29, 0.717) is 28.6 Å². The third-order valence-electron chi connectivity index (χ3n) is 6.59. The first-order valence-electron chi connectivity index (χ1n) is 10.3. The van der Waals surface area contributed by atoms with Gasteiger partial charge in [0.2, 0.25) is 5.88 Å². The molecule has 9 heteroatoms. The molecule has 162 valence electrons. The number of aromatic nitrogens is 4. The molecule has 3 aromatic rings. The van der Waals surface area contributed by atoms with E-state index in [1.807, 2.05) is 6.92 Å². The molecule has 31 heavy (non-hydrogen) atoms. The van der Waals surface area contributed by atoms with Crippen LogP contribution in [0, 0.1) is 0 Å². The van der Waals surface area contributed by atoms with Gasteiger partial charge in [0.15, 0.2) is 6.17 Å². The predicted octanol–water partition coefficient (Wildman–Crippen LogP) is 2.49. The molecular formula is C22H24FN5O3. The van der Waals surface area contributed by atoms with Gasteiger partial charge in [0, 0.05) is 36.7 Å². The van der Waals surface area contributed by atoms with E-state index in [0.717, 1.165) is 12.8 Å². The van der Waals surface area contributed by atoms with Crippen molar-refractivity contribution in [1.82, 2.24) is 25.1 Å². The standard InChI is InChI=1S/C22H24FN5O3/c1-21-6-7-22(2,27-21)19(23)17(10-21)31-18-5-4-14(25-26-18)12-8-13-15(9-16(12)29)24-11-28(3)20(13)30/h4-5,8-9,11,17,19,27,29H,6-7,10H2,1-3H3/t17-,19-,21-,22+/m1/s1. The maximum Gasteiger partial charge on any atom is 0.260 e. The third kappa shape index (κ3) is 3.23. The smallest absolute Gasteiger partial charge is 0.260 e. The van der Waals surface area contributed by atoms with Crippen LogP contribution in [-0.4, -0.2) is 48.2 Å². The number of phenols is 1. The highest BCUT2D eigenvalue weighted by Crippen LogP contribution is 2.44. The molecule has 8 nitrogen and oxygen atoms in total. The molecular weight excluding hydrogens is 401 g/mol. The molecule has 2 aromatic heterocycles. The van der Waals surface area contributed by atoms with Gasteiger partial charge in [-0.25, -0.2) is 9.37 Å². The number of benzene rings is 1. The van der Waals surface area contributed by atoms with Crippen LogP contribution < -0.4 is 15.6 Å². The van der Waals surface area contributed by atoms with Gasteiger partial charge in [0.1, 0.15) is 11.9 Å². The van der Waals surface area contributed by atoms with Crippen molar-refractivity contribution in [2.24, 2.45) is 7.05 Å². The van der Waals surface area contributed by atoms with Gasteiger partial charge in [0.25, 0.3) is 5.56 Å². The Morgan fingerprint density at radius 2 is 2.06 bits per heavy atom. The molecule has 0 saturated carbocycles. The van der Waals surface area contributed by atoms with E-state index in [-0.39, 0.29) is 22.7 Å². The lowest BCUT2D eigenvalue weighted by Gasteiger charge is -2.43. The van der Waals surface area contributed by atoms with Crippen molar-refractivity contribution in [3.05, 3.63) is 40.9 Å². The normalized spacial score (nSPS) is 29.9. The van der Waals surface area contributed by atoms with Crippen molar-refractivity contribution in [3.8, 4) is 22.9 Å². The number of rotatable bonds is 3. The lowest BCUT2D eigenvalue weighted by molar-refractivity contribution is -0.00951. The van der Waals surface area contributed by atoms with E-state index >= 15 is 4.39 Å². The summed E-state index contributed by atoms with van der Waals surface area (Å²) in [6.45, 7) is 3.99. The van der Waals surface area contributed by atoms with E-state index in [1.165, 1.54) is 17.0 Å². The van der Waals surface area contributed by atoms with Crippen molar-refractivity contribution < 1.29 is 14.2 Å². The number of phenolic OH excluding ortho intramolecular Hbond substituents is 1. The number of nitrogens with one attached hydrogen (secondary N) is 1. The van der Waals surface area contributed by atoms with Gasteiger partial charge in [0.05, 0.1) is 28.5 Å². The molecule has 2 fully saturated rings. The highest BCUT2D eigenvalue weighted by atomic mass is 19.1. The quantitative estimate of drug-likeness (QED) is 0.665. The van der Waals surface area contributed by atoms with E-state index in [4.69, 9.17) is 4.74 Å². The minimum Gasteiger partial charge on any atom is -0.507 e. The highest BCUT2D eigenvalue weighted by Gasteiger charge is 2.56. The Morgan fingerprint density at radius 3 is 2.81 bits per heavy atom. The number of fused-ring (bicyclic) bond motifs is 3. The molecule has 0 amide bonds. The summed E-state index contributed by atoms with van der Waals surface area (Å²) in [4.78, 5) is 16.5. The zero-order valence-corrected chi connectivity index (χ0v) is 17.6. The summed E-state index contributed by atoms with van der Waals surface area (Å²) in [6, 6.07) is 6.22. The van der Waals surface area contributed by atoms with E-state index in [2.05, 4.69) is 27.4 Å². The van der Waals surface area contributed by atoms with Gasteiger partial charge in [-0.1, -0.05) is 0 Å². The number of hydrogen-bond acceptors (Lipinski definition) is 7. The molecule has 2 bridgehead atoms. The van der Waals surface area contributed by atoms with Crippen LogP contribution in [0.1, 0.15) is 33.1 Å². The van der Waals surface area contributed by atoms with Crippen molar-refractivity contribution in [3.63, 3.8) is 0 Å². The van der Waals surface area contributed by atoms with Gasteiger partial charge in [-0.2, -0.15) is 0 Å². The summed E-state index contributed by atoms with van der Waals surface area (Å²) in [7, 11) is 1.61. The fourth-order valence-corrected chi connectivity index (χ4v) is 4.90. The Balaban J connectivity index is 1.43. The third-order valence-corrected chi connectivity index (χ3v) is 6.59. The topological polar surface area (TPSA) is 102 Å². The second kappa shape index (κ2) is 6.71. The van der Waals surface area contributed by atoms with Crippen LogP contribution in [0.3, 0.4) is 0 Å². The number of aromatic hydroxyl groups is 1. The lowest BCUT2D eigenvalue weighted by Crippen LogP contribution is -2.63. The number of piperidine rings is 1. The monoisotopic (exact) mass is 425 g/mol.